The van der Waals surface area contributed by atoms with Crippen molar-refractivity contribution in [2.45, 2.75) is 6.92 Å². The zero-order valence-corrected chi connectivity index (χ0v) is 17.1. The van der Waals surface area contributed by atoms with Gasteiger partial charge < -0.3 is 9.73 Å². The van der Waals surface area contributed by atoms with Crippen LogP contribution in [0.2, 0.25) is 5.02 Å². The molecule has 0 spiro atoms. The molecule has 9 heteroatoms. The molecular formula is C20H11BrClF2N3O2. The third kappa shape index (κ3) is 3.86. The van der Waals surface area contributed by atoms with Gasteiger partial charge in [-0.2, -0.15) is 4.98 Å². The SMILES string of the molecule is Cc1c(NC(=O)c2ccc(Cl)cc2F)cc(F)cc1-c1nc2ncc(Br)cc2o1. The monoisotopic (exact) mass is 477 g/mol. The number of rotatable bonds is 3. The molecule has 0 aliphatic rings. The number of amides is 1. The molecule has 0 bridgehead atoms. The van der Waals surface area contributed by atoms with Gasteiger partial charge in [-0.05, 0) is 58.7 Å². The molecule has 0 aliphatic carbocycles. The van der Waals surface area contributed by atoms with E-state index in [0.717, 1.165) is 12.1 Å². The molecule has 0 unspecified atom stereocenters. The van der Waals surface area contributed by atoms with Gasteiger partial charge in [-0.1, -0.05) is 11.6 Å². The molecular weight excluding hydrogens is 468 g/mol. The van der Waals surface area contributed by atoms with Crippen LogP contribution in [0, 0.1) is 18.6 Å². The Kier molecular flexibility index (Phi) is 5.06. The molecule has 146 valence electrons. The van der Waals surface area contributed by atoms with Gasteiger partial charge in [0.15, 0.2) is 11.2 Å². The third-order valence-corrected chi connectivity index (χ3v) is 4.91. The Labute approximate surface area is 176 Å². The molecule has 0 saturated carbocycles. The minimum atomic E-state index is -0.778. The highest BCUT2D eigenvalue weighted by atomic mass is 79.9. The minimum absolute atomic E-state index is 0.149. The van der Waals surface area contributed by atoms with Crippen LogP contribution in [0.1, 0.15) is 15.9 Å². The van der Waals surface area contributed by atoms with Gasteiger partial charge in [0.05, 0.1) is 5.56 Å². The summed E-state index contributed by atoms with van der Waals surface area (Å²) in [5.74, 6) is -1.98. The number of benzene rings is 2. The topological polar surface area (TPSA) is 68.0 Å². The lowest BCUT2D eigenvalue weighted by Gasteiger charge is -2.12. The average Bonchev–Trinajstić information content (AvgIpc) is 3.07. The first-order valence-electron chi connectivity index (χ1n) is 8.31. The van der Waals surface area contributed by atoms with Crippen LogP contribution in [0.3, 0.4) is 0 Å². The molecule has 2 aromatic carbocycles. The Morgan fingerprint density at radius 1 is 1.21 bits per heavy atom. The zero-order valence-electron chi connectivity index (χ0n) is 14.8. The van der Waals surface area contributed by atoms with Gasteiger partial charge in [0, 0.05) is 33.0 Å². The fourth-order valence-corrected chi connectivity index (χ4v) is 3.27. The molecule has 1 N–H and O–H groups in total. The van der Waals surface area contributed by atoms with E-state index in [1.807, 2.05) is 0 Å². The number of hydrogen-bond donors (Lipinski definition) is 1. The van der Waals surface area contributed by atoms with Crippen molar-refractivity contribution in [2.24, 2.45) is 0 Å². The van der Waals surface area contributed by atoms with Gasteiger partial charge in [-0.25, -0.2) is 13.8 Å². The second-order valence-electron chi connectivity index (χ2n) is 6.20. The number of anilines is 1. The number of nitrogens with one attached hydrogen (secondary N) is 1. The summed E-state index contributed by atoms with van der Waals surface area (Å²) in [6.07, 6.45) is 1.57. The predicted octanol–water partition coefficient (Wildman–Crippen LogP) is 6.14. The summed E-state index contributed by atoms with van der Waals surface area (Å²) in [4.78, 5) is 20.9. The van der Waals surface area contributed by atoms with Crippen LogP contribution < -0.4 is 5.32 Å². The predicted molar refractivity (Wildman–Crippen MR) is 109 cm³/mol. The van der Waals surface area contributed by atoms with Crippen LogP contribution in [0.5, 0.6) is 0 Å². The zero-order chi connectivity index (χ0) is 20.7. The summed E-state index contributed by atoms with van der Waals surface area (Å²) in [7, 11) is 0. The van der Waals surface area contributed by atoms with Crippen molar-refractivity contribution in [1.82, 2.24) is 9.97 Å². The summed E-state index contributed by atoms with van der Waals surface area (Å²) < 4.78 is 34.7. The second-order valence-corrected chi connectivity index (χ2v) is 7.55. The molecule has 0 atom stereocenters. The molecule has 2 heterocycles. The van der Waals surface area contributed by atoms with Gasteiger partial charge in [0.25, 0.3) is 5.91 Å². The molecule has 4 aromatic rings. The van der Waals surface area contributed by atoms with Crippen LogP contribution >= 0.6 is 27.5 Å². The molecule has 0 radical (unpaired) electrons. The lowest BCUT2D eigenvalue weighted by atomic mass is 10.1. The Morgan fingerprint density at radius 3 is 2.76 bits per heavy atom. The minimum Gasteiger partial charge on any atom is -0.434 e. The van der Waals surface area contributed by atoms with E-state index in [-0.39, 0.29) is 22.2 Å². The second kappa shape index (κ2) is 7.53. The van der Waals surface area contributed by atoms with Gasteiger partial charge in [0.1, 0.15) is 11.6 Å². The summed E-state index contributed by atoms with van der Waals surface area (Å²) in [5, 5.41) is 2.69. The molecule has 1 amide bonds. The lowest BCUT2D eigenvalue weighted by Crippen LogP contribution is -2.15. The average molecular weight is 479 g/mol. The lowest BCUT2D eigenvalue weighted by molar-refractivity contribution is 0.102. The summed E-state index contributed by atoms with van der Waals surface area (Å²) in [6, 6.07) is 7.76. The molecule has 2 aromatic heterocycles. The largest absolute Gasteiger partial charge is 0.434 e. The Balaban J connectivity index is 1.73. The maximum Gasteiger partial charge on any atom is 0.258 e. The highest BCUT2D eigenvalue weighted by molar-refractivity contribution is 9.10. The Morgan fingerprint density at radius 2 is 2.00 bits per heavy atom. The van der Waals surface area contributed by atoms with E-state index >= 15 is 0 Å². The van der Waals surface area contributed by atoms with Crippen LogP contribution in [0.15, 0.2) is 51.5 Å². The number of carbonyl (C=O) groups excluding carboxylic acids is 1. The van der Waals surface area contributed by atoms with E-state index < -0.39 is 17.5 Å². The van der Waals surface area contributed by atoms with Crippen molar-refractivity contribution >= 4 is 50.4 Å². The third-order valence-electron chi connectivity index (χ3n) is 4.24. The summed E-state index contributed by atoms with van der Waals surface area (Å²) in [6.45, 7) is 1.67. The number of aromatic nitrogens is 2. The first-order chi connectivity index (χ1) is 13.8. The van der Waals surface area contributed by atoms with Crippen molar-refractivity contribution in [3.8, 4) is 11.5 Å². The van der Waals surface area contributed by atoms with Crippen molar-refractivity contribution in [3.05, 3.63) is 74.9 Å². The van der Waals surface area contributed by atoms with Crippen molar-refractivity contribution in [2.75, 3.05) is 5.32 Å². The van der Waals surface area contributed by atoms with E-state index in [9.17, 15) is 13.6 Å². The van der Waals surface area contributed by atoms with Crippen LogP contribution in [-0.4, -0.2) is 15.9 Å². The van der Waals surface area contributed by atoms with Crippen molar-refractivity contribution in [3.63, 3.8) is 0 Å². The maximum atomic E-state index is 14.3. The van der Waals surface area contributed by atoms with Crippen LogP contribution in [0.4, 0.5) is 14.5 Å². The Bertz CT molecular complexity index is 1280. The maximum absolute atomic E-state index is 14.3. The number of oxazole rings is 1. The number of pyridine rings is 1. The number of nitrogens with zero attached hydrogens (tertiary/aromatic N) is 2. The first kappa shape index (κ1) is 19.5. The highest BCUT2D eigenvalue weighted by Gasteiger charge is 2.19. The van der Waals surface area contributed by atoms with E-state index in [1.54, 1.807) is 19.2 Å². The standard InChI is InChI=1S/C20H11BrClF2N3O2/c1-9-14(20-27-18-17(29-20)4-10(21)8-25-18)6-12(23)7-16(9)26-19(28)13-3-2-11(22)5-15(13)24/h2-8H,1H3,(H,26,28). The van der Waals surface area contributed by atoms with E-state index in [0.29, 0.717) is 26.8 Å². The van der Waals surface area contributed by atoms with E-state index in [1.165, 1.54) is 18.2 Å². The number of hydrogen-bond acceptors (Lipinski definition) is 4. The molecule has 0 fully saturated rings. The molecule has 5 nitrogen and oxygen atoms in total. The molecule has 29 heavy (non-hydrogen) atoms. The van der Waals surface area contributed by atoms with Gasteiger partial charge >= 0.3 is 0 Å². The smallest absolute Gasteiger partial charge is 0.258 e. The first-order valence-corrected chi connectivity index (χ1v) is 9.48. The van der Waals surface area contributed by atoms with E-state index in [2.05, 4.69) is 31.2 Å². The van der Waals surface area contributed by atoms with Crippen LogP contribution in [-0.2, 0) is 0 Å². The quantitative estimate of drug-likeness (QED) is 0.384. The molecule has 0 saturated heterocycles. The van der Waals surface area contributed by atoms with Crippen molar-refractivity contribution < 1.29 is 18.0 Å². The van der Waals surface area contributed by atoms with Gasteiger partial charge in [-0.3, -0.25) is 4.79 Å². The number of halogens is 4. The van der Waals surface area contributed by atoms with Gasteiger partial charge in [0.2, 0.25) is 5.89 Å². The van der Waals surface area contributed by atoms with Crippen molar-refractivity contribution in [1.29, 1.82) is 0 Å². The number of carbonyl (C=O) groups is 1. The normalized spacial score (nSPS) is 11.1. The fourth-order valence-electron chi connectivity index (χ4n) is 2.81. The summed E-state index contributed by atoms with van der Waals surface area (Å²) >= 11 is 9.01. The van der Waals surface area contributed by atoms with Gasteiger partial charge in [-0.15, -0.1) is 0 Å². The number of fused-ring (bicyclic) bond motifs is 1. The highest BCUT2D eigenvalue weighted by Crippen LogP contribution is 2.32. The molecule has 4 rings (SSSR count). The van der Waals surface area contributed by atoms with E-state index in [4.69, 9.17) is 16.0 Å². The fraction of sp³-hybridized carbons (Fsp3) is 0.0500. The molecule has 0 aliphatic heterocycles. The Hall–Kier alpha value is -2.84. The van der Waals surface area contributed by atoms with Crippen LogP contribution in [0.25, 0.3) is 22.7 Å². The summed E-state index contributed by atoms with van der Waals surface area (Å²) in [5.41, 5.74) is 1.57.